The van der Waals surface area contributed by atoms with Gasteiger partial charge in [0.1, 0.15) is 0 Å². The zero-order valence-corrected chi connectivity index (χ0v) is 14.9. The Kier molecular flexibility index (Phi) is 5.65. The van der Waals surface area contributed by atoms with Crippen molar-refractivity contribution in [3.05, 3.63) is 48.1 Å². The summed E-state index contributed by atoms with van der Waals surface area (Å²) in [6, 6.07) is 0. The van der Waals surface area contributed by atoms with Crippen LogP contribution < -0.4 is 0 Å². The number of hydrogen-bond acceptors (Lipinski definition) is 0. The van der Waals surface area contributed by atoms with Crippen molar-refractivity contribution >= 4 is 9.52 Å². The van der Waals surface area contributed by atoms with Gasteiger partial charge in [0.15, 0.2) is 0 Å². The van der Waals surface area contributed by atoms with Crippen LogP contribution in [0.5, 0.6) is 0 Å². The van der Waals surface area contributed by atoms with Crippen LogP contribution in [0.1, 0.15) is 52.9 Å². The van der Waals surface area contributed by atoms with E-state index in [9.17, 15) is 0 Å². The summed E-state index contributed by atoms with van der Waals surface area (Å²) in [6.07, 6.45) is 23.5. The summed E-state index contributed by atoms with van der Waals surface area (Å²) in [5.41, 5.74) is 2.49. The highest BCUT2D eigenvalue weighted by molar-refractivity contribution is 6.45. The lowest BCUT2D eigenvalue weighted by atomic mass is 9.93. The fourth-order valence-electron chi connectivity index (χ4n) is 3.65. The molecule has 0 saturated carbocycles. The van der Waals surface area contributed by atoms with E-state index >= 15 is 0 Å². The van der Waals surface area contributed by atoms with Gasteiger partial charge in [-0.05, 0) is 29.3 Å². The van der Waals surface area contributed by atoms with Crippen LogP contribution >= 0.6 is 0 Å². The first kappa shape index (κ1) is 15.6. The third-order valence-electron chi connectivity index (χ3n) is 4.85. The Morgan fingerprint density at radius 1 is 1.25 bits per heavy atom. The second-order valence-corrected chi connectivity index (χ2v) is 9.52. The number of unbranched alkanes of at least 4 members (excludes halogenated alkanes) is 2. The molecule has 2 atom stereocenters. The second-order valence-electron chi connectivity index (χ2n) is 6.83. The third kappa shape index (κ3) is 3.85. The minimum atomic E-state index is -0.176. The molecule has 0 saturated heterocycles. The molecular formula is C19H30Si. The molecule has 0 aromatic carbocycles. The molecule has 0 aliphatic heterocycles. The first-order valence-electron chi connectivity index (χ1n) is 8.39. The van der Waals surface area contributed by atoms with Crippen LogP contribution in [0.2, 0.25) is 10.6 Å². The third-order valence-corrected chi connectivity index (χ3v) is 7.73. The molecule has 2 unspecified atom stereocenters. The molecule has 1 heteroatoms. The van der Waals surface area contributed by atoms with Crippen LogP contribution in [-0.4, -0.2) is 9.52 Å². The van der Waals surface area contributed by atoms with E-state index in [4.69, 9.17) is 0 Å². The molecule has 0 heterocycles. The first-order chi connectivity index (χ1) is 9.67. The largest absolute Gasteiger partial charge is 0.0840 e. The predicted molar refractivity (Wildman–Crippen MR) is 94.1 cm³/mol. The van der Waals surface area contributed by atoms with Crippen molar-refractivity contribution in [2.24, 2.45) is 5.92 Å². The summed E-state index contributed by atoms with van der Waals surface area (Å²) in [5, 5.41) is 0.539. The van der Waals surface area contributed by atoms with Crippen LogP contribution in [-0.2, 0) is 0 Å². The molecule has 0 aromatic rings. The average molecular weight is 287 g/mol. The summed E-state index contributed by atoms with van der Waals surface area (Å²) < 4.78 is 0. The zero-order chi connectivity index (χ0) is 14.4. The van der Waals surface area contributed by atoms with Gasteiger partial charge in [-0.2, -0.15) is 0 Å². The zero-order valence-electron chi connectivity index (χ0n) is 13.4. The van der Waals surface area contributed by atoms with Crippen LogP contribution in [0.4, 0.5) is 0 Å². The van der Waals surface area contributed by atoms with Gasteiger partial charge in [-0.15, -0.1) is 0 Å². The molecule has 2 aliphatic rings. The Morgan fingerprint density at radius 2 is 2.10 bits per heavy atom. The second kappa shape index (κ2) is 7.26. The Bertz CT molecular complexity index is 425. The van der Waals surface area contributed by atoms with Crippen LogP contribution in [0.3, 0.4) is 0 Å². The summed E-state index contributed by atoms with van der Waals surface area (Å²) in [7, 11) is -0.176. The lowest BCUT2D eigenvalue weighted by molar-refractivity contribution is 0.550. The minimum Gasteiger partial charge on any atom is -0.0840 e. The molecular weight excluding hydrogens is 256 g/mol. The van der Waals surface area contributed by atoms with E-state index in [1.54, 1.807) is 5.57 Å². The lowest BCUT2D eigenvalue weighted by Crippen LogP contribution is -2.24. The standard InChI is InChI=1S/C19H30Si/c1-4-5-7-13-19(14-8-6-9-15-19)20-18-12-10-11-17(18)16(2)3/h6,8-12,14,16,18H,4-5,7,13,15,20H2,1-3H3. The van der Waals surface area contributed by atoms with Crippen molar-refractivity contribution < 1.29 is 0 Å². The maximum Gasteiger partial charge on any atom is 0.0451 e. The molecule has 0 N–H and O–H groups in total. The molecule has 0 bridgehead atoms. The maximum atomic E-state index is 2.55. The Morgan fingerprint density at radius 3 is 2.75 bits per heavy atom. The van der Waals surface area contributed by atoms with Gasteiger partial charge in [0.2, 0.25) is 0 Å². The molecule has 0 amide bonds. The van der Waals surface area contributed by atoms with Crippen molar-refractivity contribution in [2.75, 3.05) is 0 Å². The van der Waals surface area contributed by atoms with Gasteiger partial charge in [0.05, 0.1) is 0 Å². The van der Waals surface area contributed by atoms with E-state index in [0.717, 1.165) is 5.54 Å². The maximum absolute atomic E-state index is 2.55. The van der Waals surface area contributed by atoms with Crippen molar-refractivity contribution in [1.29, 1.82) is 0 Å². The lowest BCUT2D eigenvalue weighted by Gasteiger charge is -2.34. The number of rotatable bonds is 7. The normalized spacial score (nSPS) is 29.0. The van der Waals surface area contributed by atoms with Gasteiger partial charge >= 0.3 is 0 Å². The highest BCUT2D eigenvalue weighted by atomic mass is 28.2. The topological polar surface area (TPSA) is 0 Å². The van der Waals surface area contributed by atoms with Gasteiger partial charge < -0.3 is 0 Å². The van der Waals surface area contributed by atoms with Gasteiger partial charge in [0.25, 0.3) is 0 Å². The highest BCUT2D eigenvalue weighted by Gasteiger charge is 2.32. The van der Waals surface area contributed by atoms with E-state index in [0.29, 0.717) is 11.0 Å². The molecule has 2 aliphatic carbocycles. The van der Waals surface area contributed by atoms with Gasteiger partial charge in [-0.1, -0.05) is 88.1 Å². The molecule has 0 radical (unpaired) electrons. The Hall–Kier alpha value is -0.823. The Balaban J connectivity index is 2.05. The molecule has 0 fully saturated rings. The van der Waals surface area contributed by atoms with Crippen LogP contribution in [0, 0.1) is 5.92 Å². The van der Waals surface area contributed by atoms with Gasteiger partial charge in [-0.25, -0.2) is 0 Å². The van der Waals surface area contributed by atoms with Gasteiger partial charge in [-0.3, -0.25) is 0 Å². The van der Waals surface area contributed by atoms with E-state index in [-0.39, 0.29) is 9.52 Å². The summed E-state index contributed by atoms with van der Waals surface area (Å²) >= 11 is 0. The van der Waals surface area contributed by atoms with Crippen molar-refractivity contribution in [3.63, 3.8) is 0 Å². The van der Waals surface area contributed by atoms with E-state index in [1.807, 2.05) is 0 Å². The quantitative estimate of drug-likeness (QED) is 0.437. The van der Waals surface area contributed by atoms with E-state index in [2.05, 4.69) is 63.3 Å². The monoisotopic (exact) mass is 286 g/mol. The smallest absolute Gasteiger partial charge is 0.0451 e. The van der Waals surface area contributed by atoms with E-state index in [1.165, 1.54) is 32.1 Å². The SMILES string of the molecule is CCCCCC1([SiH2]C2C=CC=C2C(C)C)C=CC=CC1. The molecule has 0 aromatic heterocycles. The van der Waals surface area contributed by atoms with Crippen molar-refractivity contribution in [1.82, 2.24) is 0 Å². The predicted octanol–water partition coefficient (Wildman–Crippen LogP) is 5.35. The van der Waals surface area contributed by atoms with Crippen molar-refractivity contribution in [2.45, 2.75) is 63.5 Å². The summed E-state index contributed by atoms with van der Waals surface area (Å²) in [6.45, 7) is 7.00. The highest BCUT2D eigenvalue weighted by Crippen LogP contribution is 2.46. The fourth-order valence-corrected chi connectivity index (χ4v) is 6.73. The molecule has 20 heavy (non-hydrogen) atoms. The average Bonchev–Trinajstić information content (AvgIpc) is 2.88. The number of allylic oxidation sites excluding steroid dienone is 8. The van der Waals surface area contributed by atoms with E-state index < -0.39 is 0 Å². The molecule has 0 spiro atoms. The summed E-state index contributed by atoms with van der Waals surface area (Å²) in [5.74, 6) is 0.707. The van der Waals surface area contributed by atoms with Crippen LogP contribution in [0.25, 0.3) is 0 Å². The summed E-state index contributed by atoms with van der Waals surface area (Å²) in [4.78, 5) is 0. The van der Waals surface area contributed by atoms with Crippen molar-refractivity contribution in [3.8, 4) is 0 Å². The molecule has 0 nitrogen and oxygen atoms in total. The van der Waals surface area contributed by atoms with Gasteiger partial charge in [0, 0.05) is 9.52 Å². The first-order valence-corrected chi connectivity index (χ1v) is 9.92. The number of hydrogen-bond donors (Lipinski definition) is 0. The minimum absolute atomic E-state index is 0.176. The molecule has 110 valence electrons. The Labute approximate surface area is 127 Å². The van der Waals surface area contributed by atoms with Crippen LogP contribution in [0.15, 0.2) is 48.1 Å². The molecule has 2 rings (SSSR count). The fraction of sp³-hybridized carbons (Fsp3) is 0.579.